The third kappa shape index (κ3) is 2.04. The zero-order valence-corrected chi connectivity index (χ0v) is 10.1. The number of aromatic nitrogens is 1. The van der Waals surface area contributed by atoms with Crippen molar-refractivity contribution in [2.75, 3.05) is 7.11 Å². The molecule has 0 saturated heterocycles. The Bertz CT molecular complexity index is 631. The Morgan fingerprint density at radius 2 is 2.28 bits per heavy atom. The van der Waals surface area contributed by atoms with E-state index in [0.717, 1.165) is 16.5 Å². The number of hydrogen-bond donors (Lipinski definition) is 1. The van der Waals surface area contributed by atoms with Gasteiger partial charge in [0.2, 0.25) is 0 Å². The standard InChI is InChI=1S/C12H13N3O3/c1-14-7-8(5-12(13)18-2)10-4-3-9(15(16)17)6-11(10)14/h3-4,6-7,13H,5H2,1-2H3. The smallest absolute Gasteiger partial charge is 0.271 e. The van der Waals surface area contributed by atoms with E-state index in [9.17, 15) is 10.1 Å². The lowest BCUT2D eigenvalue weighted by molar-refractivity contribution is -0.384. The van der Waals surface area contributed by atoms with Crippen molar-refractivity contribution in [3.63, 3.8) is 0 Å². The summed E-state index contributed by atoms with van der Waals surface area (Å²) in [7, 11) is 3.28. The van der Waals surface area contributed by atoms with Gasteiger partial charge in [-0.2, -0.15) is 0 Å². The second-order valence-electron chi connectivity index (χ2n) is 4.03. The molecular weight excluding hydrogens is 234 g/mol. The van der Waals surface area contributed by atoms with E-state index < -0.39 is 4.92 Å². The lowest BCUT2D eigenvalue weighted by Crippen LogP contribution is -2.02. The molecule has 94 valence electrons. The van der Waals surface area contributed by atoms with E-state index in [-0.39, 0.29) is 11.6 Å². The van der Waals surface area contributed by atoms with Crippen LogP contribution in [0.15, 0.2) is 24.4 Å². The van der Waals surface area contributed by atoms with Gasteiger partial charge in [-0.1, -0.05) is 0 Å². The van der Waals surface area contributed by atoms with E-state index in [2.05, 4.69) is 0 Å². The number of fused-ring (bicyclic) bond motifs is 1. The predicted octanol–water partition coefficient (Wildman–Crippen LogP) is 2.25. The molecule has 18 heavy (non-hydrogen) atoms. The van der Waals surface area contributed by atoms with E-state index in [1.165, 1.54) is 19.2 Å². The molecule has 0 aliphatic carbocycles. The quantitative estimate of drug-likeness (QED) is 0.391. The zero-order chi connectivity index (χ0) is 13.3. The van der Waals surface area contributed by atoms with Crippen molar-refractivity contribution in [2.45, 2.75) is 6.42 Å². The van der Waals surface area contributed by atoms with Crippen LogP contribution in [0.1, 0.15) is 5.56 Å². The van der Waals surface area contributed by atoms with Crippen molar-refractivity contribution in [2.24, 2.45) is 7.05 Å². The van der Waals surface area contributed by atoms with Gasteiger partial charge < -0.3 is 9.30 Å². The van der Waals surface area contributed by atoms with Crippen LogP contribution in [-0.4, -0.2) is 22.5 Å². The third-order valence-electron chi connectivity index (χ3n) is 2.86. The number of non-ortho nitro benzene ring substituents is 1. The predicted molar refractivity (Wildman–Crippen MR) is 68.0 cm³/mol. The van der Waals surface area contributed by atoms with Crippen LogP contribution in [0.4, 0.5) is 5.69 Å². The summed E-state index contributed by atoms with van der Waals surface area (Å²) >= 11 is 0. The average molecular weight is 247 g/mol. The molecule has 6 nitrogen and oxygen atoms in total. The summed E-state index contributed by atoms with van der Waals surface area (Å²) in [5, 5.41) is 19.2. The number of hydrogen-bond acceptors (Lipinski definition) is 4. The third-order valence-corrected chi connectivity index (χ3v) is 2.86. The van der Waals surface area contributed by atoms with Crippen LogP contribution in [0.5, 0.6) is 0 Å². The van der Waals surface area contributed by atoms with Crippen LogP contribution in [0, 0.1) is 15.5 Å². The number of methoxy groups -OCH3 is 1. The van der Waals surface area contributed by atoms with Gasteiger partial charge in [0.05, 0.1) is 24.0 Å². The molecule has 1 N–H and O–H groups in total. The molecule has 0 saturated carbocycles. The number of ether oxygens (including phenoxy) is 1. The summed E-state index contributed by atoms with van der Waals surface area (Å²) in [6.07, 6.45) is 2.24. The first kappa shape index (κ1) is 12.1. The molecule has 0 aliphatic rings. The van der Waals surface area contributed by atoms with Crippen LogP contribution in [0.3, 0.4) is 0 Å². The molecule has 0 fully saturated rings. The highest BCUT2D eigenvalue weighted by Crippen LogP contribution is 2.25. The second-order valence-corrected chi connectivity index (χ2v) is 4.03. The maximum Gasteiger partial charge on any atom is 0.271 e. The van der Waals surface area contributed by atoms with Crippen LogP contribution >= 0.6 is 0 Å². The fourth-order valence-corrected chi connectivity index (χ4v) is 1.96. The first-order chi connectivity index (χ1) is 8.52. The van der Waals surface area contributed by atoms with Crippen molar-refractivity contribution >= 4 is 22.5 Å². The second kappa shape index (κ2) is 4.48. The lowest BCUT2D eigenvalue weighted by Gasteiger charge is -2.00. The number of nitro groups is 1. The van der Waals surface area contributed by atoms with E-state index in [1.807, 2.05) is 17.8 Å². The Morgan fingerprint density at radius 3 is 2.89 bits per heavy atom. The van der Waals surface area contributed by atoms with E-state index in [1.54, 1.807) is 6.07 Å². The summed E-state index contributed by atoms with van der Waals surface area (Å²) in [4.78, 5) is 10.3. The molecular formula is C12H13N3O3. The van der Waals surface area contributed by atoms with Gasteiger partial charge in [-0.25, -0.2) is 0 Å². The van der Waals surface area contributed by atoms with Gasteiger partial charge in [-0.3, -0.25) is 15.5 Å². The van der Waals surface area contributed by atoms with Gasteiger partial charge in [-0.15, -0.1) is 0 Å². The number of nitro benzene ring substituents is 1. The molecule has 0 unspecified atom stereocenters. The SMILES string of the molecule is COC(=N)Cc1cn(C)c2cc([N+](=O)[O-])ccc12. The molecule has 0 atom stereocenters. The van der Waals surface area contributed by atoms with Crippen molar-refractivity contribution in [1.29, 1.82) is 5.41 Å². The molecule has 0 bridgehead atoms. The lowest BCUT2D eigenvalue weighted by atomic mass is 10.1. The molecule has 1 aromatic carbocycles. The Labute approximate surface area is 103 Å². The normalized spacial score (nSPS) is 10.6. The minimum absolute atomic E-state index is 0.0667. The van der Waals surface area contributed by atoms with E-state index in [4.69, 9.17) is 10.1 Å². The topological polar surface area (TPSA) is 81.1 Å². The number of rotatable bonds is 3. The number of aryl methyl sites for hydroxylation is 1. The fraction of sp³-hybridized carbons (Fsp3) is 0.250. The minimum atomic E-state index is -0.413. The average Bonchev–Trinajstić information content (AvgIpc) is 2.65. The summed E-state index contributed by atoms with van der Waals surface area (Å²) < 4.78 is 6.66. The molecule has 0 amide bonds. The van der Waals surface area contributed by atoms with Crippen molar-refractivity contribution in [1.82, 2.24) is 4.57 Å². The molecule has 0 spiro atoms. The maximum absolute atomic E-state index is 10.7. The summed E-state index contributed by atoms with van der Waals surface area (Å²) in [6, 6.07) is 4.73. The molecule has 2 aromatic rings. The number of nitrogens with zero attached hydrogens (tertiary/aromatic N) is 2. The number of nitrogens with one attached hydrogen (secondary N) is 1. The van der Waals surface area contributed by atoms with Crippen molar-refractivity contribution in [3.8, 4) is 0 Å². The van der Waals surface area contributed by atoms with Gasteiger partial charge in [0.15, 0.2) is 5.90 Å². The van der Waals surface area contributed by atoms with Gasteiger partial charge in [0, 0.05) is 30.8 Å². The Morgan fingerprint density at radius 1 is 1.56 bits per heavy atom. The number of benzene rings is 1. The van der Waals surface area contributed by atoms with Crippen LogP contribution in [-0.2, 0) is 18.2 Å². The van der Waals surface area contributed by atoms with E-state index in [0.29, 0.717) is 6.42 Å². The van der Waals surface area contributed by atoms with Crippen molar-refractivity contribution < 1.29 is 9.66 Å². The van der Waals surface area contributed by atoms with Gasteiger partial charge >= 0.3 is 0 Å². The first-order valence-corrected chi connectivity index (χ1v) is 5.36. The van der Waals surface area contributed by atoms with E-state index >= 15 is 0 Å². The molecule has 6 heteroatoms. The van der Waals surface area contributed by atoms with Crippen LogP contribution < -0.4 is 0 Å². The zero-order valence-electron chi connectivity index (χ0n) is 10.1. The van der Waals surface area contributed by atoms with Gasteiger partial charge in [0.25, 0.3) is 5.69 Å². The summed E-state index contributed by atoms with van der Waals surface area (Å²) in [6.45, 7) is 0. The van der Waals surface area contributed by atoms with Crippen molar-refractivity contribution in [3.05, 3.63) is 40.1 Å². The first-order valence-electron chi connectivity index (χ1n) is 5.36. The molecule has 1 heterocycles. The molecule has 1 aromatic heterocycles. The minimum Gasteiger partial charge on any atom is -0.484 e. The monoisotopic (exact) mass is 247 g/mol. The van der Waals surface area contributed by atoms with Gasteiger partial charge in [-0.05, 0) is 11.6 Å². The summed E-state index contributed by atoms with van der Waals surface area (Å²) in [5.74, 6) is 0.167. The highest BCUT2D eigenvalue weighted by Gasteiger charge is 2.13. The Hall–Kier alpha value is -2.37. The highest BCUT2D eigenvalue weighted by atomic mass is 16.6. The van der Waals surface area contributed by atoms with Gasteiger partial charge in [0.1, 0.15) is 0 Å². The largest absolute Gasteiger partial charge is 0.484 e. The van der Waals surface area contributed by atoms with Crippen LogP contribution in [0.25, 0.3) is 10.9 Å². The molecule has 0 aliphatic heterocycles. The molecule has 2 rings (SSSR count). The Kier molecular flexibility index (Phi) is 3.01. The fourth-order valence-electron chi connectivity index (χ4n) is 1.96. The highest BCUT2D eigenvalue weighted by molar-refractivity contribution is 5.89. The Balaban J connectivity index is 2.52. The maximum atomic E-state index is 10.7. The molecule has 0 radical (unpaired) electrons. The van der Waals surface area contributed by atoms with Crippen LogP contribution in [0.2, 0.25) is 0 Å². The summed E-state index contributed by atoms with van der Waals surface area (Å²) in [5.41, 5.74) is 1.77.